The molecule has 0 spiro atoms. The maximum atomic E-state index is 6.01. The molecule has 1 unspecified atom stereocenters. The predicted molar refractivity (Wildman–Crippen MR) is 72.9 cm³/mol. The van der Waals surface area contributed by atoms with E-state index < -0.39 is 0 Å². The van der Waals surface area contributed by atoms with Crippen molar-refractivity contribution in [3.05, 3.63) is 45.0 Å². The Hall–Kier alpha value is -0.770. The zero-order valence-electron chi connectivity index (χ0n) is 10.00. The molecule has 0 aliphatic heterocycles. The van der Waals surface area contributed by atoms with E-state index in [9.17, 15) is 0 Å². The molecule has 2 rings (SSSR count). The van der Waals surface area contributed by atoms with E-state index in [-0.39, 0.29) is 6.04 Å². The van der Waals surface area contributed by atoms with Gasteiger partial charge in [0.05, 0.1) is 16.6 Å². The van der Waals surface area contributed by atoms with Crippen LogP contribution in [-0.4, -0.2) is 6.54 Å². The Labute approximate surface area is 111 Å². The lowest BCUT2D eigenvalue weighted by Gasteiger charge is -2.16. The number of halogens is 1. The van der Waals surface area contributed by atoms with Crippen molar-refractivity contribution in [2.75, 3.05) is 6.54 Å². The van der Waals surface area contributed by atoms with Gasteiger partial charge in [-0.05, 0) is 24.7 Å². The third kappa shape index (κ3) is 2.73. The van der Waals surface area contributed by atoms with Gasteiger partial charge in [-0.25, -0.2) is 0 Å². The normalized spacial score (nSPS) is 12.9. The Kier molecular flexibility index (Phi) is 4.26. The summed E-state index contributed by atoms with van der Waals surface area (Å²) in [4.78, 5) is 1.23. The molecule has 17 heavy (non-hydrogen) atoms. The maximum absolute atomic E-state index is 6.01. The molecule has 2 heterocycles. The van der Waals surface area contributed by atoms with Gasteiger partial charge in [-0.3, -0.25) is 0 Å². The molecule has 2 aromatic heterocycles. The van der Waals surface area contributed by atoms with Crippen molar-refractivity contribution in [2.45, 2.75) is 26.3 Å². The molecule has 0 aliphatic carbocycles. The molecule has 0 aliphatic rings. The molecule has 1 N–H and O–H groups in total. The smallest absolute Gasteiger partial charge is 0.108 e. The van der Waals surface area contributed by atoms with Gasteiger partial charge in [0.15, 0.2) is 0 Å². The van der Waals surface area contributed by atoms with Crippen molar-refractivity contribution in [2.24, 2.45) is 0 Å². The molecule has 0 bridgehead atoms. The van der Waals surface area contributed by atoms with Crippen LogP contribution in [0.2, 0.25) is 4.34 Å². The summed E-state index contributed by atoms with van der Waals surface area (Å²) in [7, 11) is 0. The number of rotatable bonds is 5. The fraction of sp³-hybridized carbons (Fsp3) is 0.385. The van der Waals surface area contributed by atoms with E-state index in [1.807, 2.05) is 12.1 Å². The molecule has 4 heteroatoms. The lowest BCUT2D eigenvalue weighted by atomic mass is 10.0. The summed E-state index contributed by atoms with van der Waals surface area (Å²) in [5, 5.41) is 3.48. The van der Waals surface area contributed by atoms with Crippen molar-refractivity contribution >= 4 is 22.9 Å². The predicted octanol–water partition coefficient (Wildman–Crippen LogP) is 4.26. The van der Waals surface area contributed by atoms with Gasteiger partial charge in [-0.2, -0.15) is 0 Å². The van der Waals surface area contributed by atoms with Crippen LogP contribution in [0.4, 0.5) is 0 Å². The molecule has 92 valence electrons. The first-order valence-corrected chi connectivity index (χ1v) is 7.00. The summed E-state index contributed by atoms with van der Waals surface area (Å²) < 4.78 is 6.32. The Morgan fingerprint density at radius 3 is 2.76 bits per heavy atom. The monoisotopic (exact) mass is 269 g/mol. The molecule has 2 nitrogen and oxygen atoms in total. The second-order valence-electron chi connectivity index (χ2n) is 3.79. The van der Waals surface area contributed by atoms with E-state index in [0.717, 1.165) is 23.1 Å². The van der Waals surface area contributed by atoms with Crippen LogP contribution in [0.3, 0.4) is 0 Å². The van der Waals surface area contributed by atoms with Crippen LogP contribution >= 0.6 is 22.9 Å². The summed E-state index contributed by atoms with van der Waals surface area (Å²) in [6, 6.07) is 6.25. The molecule has 0 fully saturated rings. The lowest BCUT2D eigenvalue weighted by Crippen LogP contribution is -2.21. The van der Waals surface area contributed by atoms with Crippen molar-refractivity contribution in [1.82, 2.24) is 5.32 Å². The van der Waals surface area contributed by atoms with Gasteiger partial charge in [0, 0.05) is 16.9 Å². The van der Waals surface area contributed by atoms with Crippen molar-refractivity contribution < 1.29 is 4.42 Å². The molecule has 0 radical (unpaired) electrons. The number of thiophene rings is 1. The molecule has 2 aromatic rings. The number of hydrogen-bond acceptors (Lipinski definition) is 3. The number of nitrogens with one attached hydrogen (secondary N) is 1. The minimum Gasteiger partial charge on any atom is -0.469 e. The highest BCUT2D eigenvalue weighted by molar-refractivity contribution is 7.16. The zero-order valence-corrected chi connectivity index (χ0v) is 11.6. The first-order chi connectivity index (χ1) is 8.26. The molecule has 0 aromatic carbocycles. The van der Waals surface area contributed by atoms with E-state index in [2.05, 4.69) is 25.2 Å². The number of furan rings is 1. The average molecular weight is 270 g/mol. The second-order valence-corrected chi connectivity index (χ2v) is 5.53. The molecule has 1 atom stereocenters. The van der Waals surface area contributed by atoms with Crippen molar-refractivity contribution in [3.8, 4) is 0 Å². The van der Waals surface area contributed by atoms with E-state index in [1.54, 1.807) is 17.6 Å². The number of aryl methyl sites for hydroxylation is 1. The third-order valence-electron chi connectivity index (χ3n) is 2.70. The van der Waals surface area contributed by atoms with Gasteiger partial charge >= 0.3 is 0 Å². The van der Waals surface area contributed by atoms with Crippen LogP contribution in [0.5, 0.6) is 0 Å². The summed E-state index contributed by atoms with van der Waals surface area (Å²) in [5.41, 5.74) is 1.22. The van der Waals surface area contributed by atoms with Crippen LogP contribution in [0.15, 0.2) is 28.9 Å². The summed E-state index contributed by atoms with van der Waals surface area (Å²) in [6.45, 7) is 5.12. The molecule has 0 amide bonds. The van der Waals surface area contributed by atoms with Crippen LogP contribution in [0.25, 0.3) is 0 Å². The zero-order chi connectivity index (χ0) is 12.3. The quantitative estimate of drug-likeness (QED) is 0.878. The third-order valence-corrected chi connectivity index (χ3v) is 3.99. The van der Waals surface area contributed by atoms with Gasteiger partial charge in [0.25, 0.3) is 0 Å². The van der Waals surface area contributed by atoms with Gasteiger partial charge in [-0.15, -0.1) is 11.3 Å². The number of hydrogen-bond donors (Lipinski definition) is 1. The van der Waals surface area contributed by atoms with E-state index in [1.165, 1.54) is 10.4 Å². The Morgan fingerprint density at radius 1 is 1.35 bits per heavy atom. The van der Waals surface area contributed by atoms with Gasteiger partial charge in [0.2, 0.25) is 0 Å². The van der Waals surface area contributed by atoms with Crippen LogP contribution < -0.4 is 5.32 Å². The first-order valence-electron chi connectivity index (χ1n) is 5.81. The van der Waals surface area contributed by atoms with Gasteiger partial charge in [0.1, 0.15) is 5.76 Å². The average Bonchev–Trinajstić information content (AvgIpc) is 2.94. The summed E-state index contributed by atoms with van der Waals surface area (Å²) in [6.07, 6.45) is 2.66. The minimum absolute atomic E-state index is 0.186. The fourth-order valence-electron chi connectivity index (χ4n) is 1.95. The Morgan fingerprint density at radius 2 is 2.18 bits per heavy atom. The first kappa shape index (κ1) is 12.7. The van der Waals surface area contributed by atoms with E-state index in [0.29, 0.717) is 0 Å². The molecule has 0 saturated carbocycles. The Bertz CT molecular complexity index is 477. The standard InChI is InChI=1S/C13H16ClNOS/c1-3-10-9(7-8-16-10)13(15-4-2)11-5-6-12(14)17-11/h5-8,13,15H,3-4H2,1-2H3. The molecular formula is C13H16ClNOS. The largest absolute Gasteiger partial charge is 0.469 e. The summed E-state index contributed by atoms with van der Waals surface area (Å²) in [5.74, 6) is 1.04. The van der Waals surface area contributed by atoms with Crippen LogP contribution in [0.1, 0.15) is 36.1 Å². The highest BCUT2D eigenvalue weighted by Gasteiger charge is 2.19. The maximum Gasteiger partial charge on any atom is 0.108 e. The molecule has 0 saturated heterocycles. The lowest BCUT2D eigenvalue weighted by molar-refractivity contribution is 0.503. The minimum atomic E-state index is 0.186. The SMILES string of the molecule is CCNC(c1ccc(Cl)s1)c1ccoc1CC. The van der Waals surface area contributed by atoms with Crippen LogP contribution in [0, 0.1) is 0 Å². The summed E-state index contributed by atoms with van der Waals surface area (Å²) >= 11 is 7.62. The topological polar surface area (TPSA) is 25.2 Å². The van der Waals surface area contributed by atoms with Crippen molar-refractivity contribution in [3.63, 3.8) is 0 Å². The molecular weight excluding hydrogens is 254 g/mol. The van der Waals surface area contributed by atoms with E-state index >= 15 is 0 Å². The fourth-order valence-corrected chi connectivity index (χ4v) is 3.10. The van der Waals surface area contributed by atoms with Gasteiger partial charge in [-0.1, -0.05) is 25.4 Å². The highest BCUT2D eigenvalue weighted by atomic mass is 35.5. The van der Waals surface area contributed by atoms with Gasteiger partial charge < -0.3 is 9.73 Å². The second kappa shape index (κ2) is 5.71. The van der Waals surface area contributed by atoms with Crippen LogP contribution in [-0.2, 0) is 6.42 Å². The Balaban J connectivity index is 2.35. The van der Waals surface area contributed by atoms with E-state index in [4.69, 9.17) is 16.0 Å². The van der Waals surface area contributed by atoms with Crippen molar-refractivity contribution in [1.29, 1.82) is 0 Å². The highest BCUT2D eigenvalue weighted by Crippen LogP contribution is 2.33.